The van der Waals surface area contributed by atoms with Gasteiger partial charge in [0.25, 0.3) is 0 Å². The second-order valence-electron chi connectivity index (χ2n) is 3.56. The smallest absolute Gasteiger partial charge is 0.0338 e. The molecule has 0 spiro atoms. The molecule has 0 aromatic heterocycles. The standard InChI is InChI=1S/C9H17Cl/c1-3-8-4-5-9(10)6-7(8)2/h7-9H,3-6H2,1-2H3. The zero-order chi connectivity index (χ0) is 7.56. The number of halogens is 1. The molecule has 0 aromatic carbocycles. The normalized spacial score (nSPS) is 41.7. The molecule has 0 aliphatic heterocycles. The van der Waals surface area contributed by atoms with E-state index in [4.69, 9.17) is 11.6 Å². The minimum absolute atomic E-state index is 0.470. The molecular formula is C9H17Cl. The molecule has 60 valence electrons. The Bertz CT molecular complexity index is 101. The molecule has 1 aliphatic rings. The van der Waals surface area contributed by atoms with Gasteiger partial charge in [0, 0.05) is 5.38 Å². The third-order valence-corrected chi connectivity index (χ3v) is 3.20. The fraction of sp³-hybridized carbons (Fsp3) is 1.00. The van der Waals surface area contributed by atoms with Crippen LogP contribution in [0.1, 0.15) is 39.5 Å². The molecule has 1 aliphatic carbocycles. The molecule has 0 N–H and O–H groups in total. The van der Waals surface area contributed by atoms with Crippen molar-refractivity contribution in [1.82, 2.24) is 0 Å². The second-order valence-corrected chi connectivity index (χ2v) is 4.17. The van der Waals surface area contributed by atoms with Crippen LogP contribution in [-0.4, -0.2) is 5.38 Å². The minimum Gasteiger partial charge on any atom is -0.123 e. The van der Waals surface area contributed by atoms with E-state index in [0.29, 0.717) is 5.38 Å². The molecule has 3 unspecified atom stereocenters. The third-order valence-electron chi connectivity index (χ3n) is 2.81. The van der Waals surface area contributed by atoms with Crippen molar-refractivity contribution in [3.63, 3.8) is 0 Å². The summed E-state index contributed by atoms with van der Waals surface area (Å²) in [6.45, 7) is 4.62. The second kappa shape index (κ2) is 3.61. The molecule has 0 bridgehead atoms. The van der Waals surface area contributed by atoms with Crippen LogP contribution in [0.4, 0.5) is 0 Å². The van der Waals surface area contributed by atoms with Crippen molar-refractivity contribution >= 4 is 11.6 Å². The fourth-order valence-corrected chi connectivity index (χ4v) is 2.41. The molecule has 10 heavy (non-hydrogen) atoms. The highest BCUT2D eigenvalue weighted by atomic mass is 35.5. The van der Waals surface area contributed by atoms with E-state index < -0.39 is 0 Å². The molecule has 1 saturated carbocycles. The van der Waals surface area contributed by atoms with E-state index in [1.54, 1.807) is 0 Å². The summed E-state index contributed by atoms with van der Waals surface area (Å²) in [5.41, 5.74) is 0. The Labute approximate surface area is 69.0 Å². The molecule has 1 heteroatoms. The Kier molecular flexibility index (Phi) is 3.03. The Balaban J connectivity index is 2.36. The van der Waals surface area contributed by atoms with Crippen molar-refractivity contribution in [2.75, 3.05) is 0 Å². The SMILES string of the molecule is CCC1CCC(Cl)CC1C. The Morgan fingerprint density at radius 3 is 2.60 bits per heavy atom. The molecule has 1 rings (SSSR count). The molecule has 3 atom stereocenters. The van der Waals surface area contributed by atoms with Crippen LogP contribution in [0.2, 0.25) is 0 Å². The van der Waals surface area contributed by atoms with E-state index >= 15 is 0 Å². The van der Waals surface area contributed by atoms with Gasteiger partial charge < -0.3 is 0 Å². The lowest BCUT2D eigenvalue weighted by Crippen LogP contribution is -2.22. The average Bonchev–Trinajstić information content (AvgIpc) is 1.88. The number of alkyl halides is 1. The van der Waals surface area contributed by atoms with Crippen molar-refractivity contribution in [2.24, 2.45) is 11.8 Å². The first kappa shape index (κ1) is 8.39. The lowest BCUT2D eigenvalue weighted by atomic mass is 9.79. The van der Waals surface area contributed by atoms with Gasteiger partial charge in [0.2, 0.25) is 0 Å². The summed E-state index contributed by atoms with van der Waals surface area (Å²) in [5.74, 6) is 1.82. The Morgan fingerprint density at radius 2 is 2.10 bits per heavy atom. The molecule has 0 amide bonds. The first-order chi connectivity index (χ1) is 4.74. The van der Waals surface area contributed by atoms with Crippen LogP contribution in [-0.2, 0) is 0 Å². The van der Waals surface area contributed by atoms with Gasteiger partial charge in [-0.1, -0.05) is 20.3 Å². The quantitative estimate of drug-likeness (QED) is 0.516. The van der Waals surface area contributed by atoms with Gasteiger partial charge in [0.1, 0.15) is 0 Å². The predicted molar refractivity (Wildman–Crippen MR) is 46.4 cm³/mol. The van der Waals surface area contributed by atoms with Crippen molar-refractivity contribution in [3.8, 4) is 0 Å². The summed E-state index contributed by atoms with van der Waals surface area (Å²) in [5, 5.41) is 0.470. The van der Waals surface area contributed by atoms with Crippen molar-refractivity contribution in [3.05, 3.63) is 0 Å². The Morgan fingerprint density at radius 1 is 1.40 bits per heavy atom. The monoisotopic (exact) mass is 160 g/mol. The minimum atomic E-state index is 0.470. The van der Waals surface area contributed by atoms with Crippen molar-refractivity contribution in [2.45, 2.75) is 44.9 Å². The van der Waals surface area contributed by atoms with Gasteiger partial charge in [-0.05, 0) is 31.1 Å². The first-order valence-electron chi connectivity index (χ1n) is 4.38. The van der Waals surface area contributed by atoms with Crippen LogP contribution >= 0.6 is 11.6 Å². The van der Waals surface area contributed by atoms with Gasteiger partial charge in [-0.15, -0.1) is 11.6 Å². The van der Waals surface area contributed by atoms with Crippen LogP contribution in [0.3, 0.4) is 0 Å². The highest BCUT2D eigenvalue weighted by Gasteiger charge is 2.24. The maximum atomic E-state index is 6.03. The molecule has 0 radical (unpaired) electrons. The predicted octanol–water partition coefficient (Wildman–Crippen LogP) is 3.44. The van der Waals surface area contributed by atoms with Crippen LogP contribution in [0.15, 0.2) is 0 Å². The molecule has 0 heterocycles. The highest BCUT2D eigenvalue weighted by Crippen LogP contribution is 2.34. The van der Waals surface area contributed by atoms with Gasteiger partial charge in [0.15, 0.2) is 0 Å². The van der Waals surface area contributed by atoms with E-state index in [9.17, 15) is 0 Å². The molecule has 0 saturated heterocycles. The van der Waals surface area contributed by atoms with Crippen LogP contribution in [0.25, 0.3) is 0 Å². The maximum absolute atomic E-state index is 6.03. The van der Waals surface area contributed by atoms with Crippen LogP contribution in [0.5, 0.6) is 0 Å². The molecule has 1 fully saturated rings. The maximum Gasteiger partial charge on any atom is 0.0338 e. The Hall–Kier alpha value is 0.290. The summed E-state index contributed by atoms with van der Waals surface area (Å²) >= 11 is 6.03. The highest BCUT2D eigenvalue weighted by molar-refractivity contribution is 6.20. The average molecular weight is 161 g/mol. The van der Waals surface area contributed by atoms with Gasteiger partial charge in [-0.2, -0.15) is 0 Å². The molecule has 0 nitrogen and oxygen atoms in total. The number of hydrogen-bond donors (Lipinski definition) is 0. The third kappa shape index (κ3) is 1.88. The summed E-state index contributed by atoms with van der Waals surface area (Å²) < 4.78 is 0. The summed E-state index contributed by atoms with van der Waals surface area (Å²) in [4.78, 5) is 0. The lowest BCUT2D eigenvalue weighted by molar-refractivity contribution is 0.253. The zero-order valence-corrected chi connectivity index (χ0v) is 7.69. The van der Waals surface area contributed by atoms with E-state index in [2.05, 4.69) is 13.8 Å². The lowest BCUT2D eigenvalue weighted by Gasteiger charge is -2.30. The van der Waals surface area contributed by atoms with Gasteiger partial charge >= 0.3 is 0 Å². The van der Waals surface area contributed by atoms with E-state index in [-0.39, 0.29) is 0 Å². The summed E-state index contributed by atoms with van der Waals surface area (Å²) in [6.07, 6.45) is 5.17. The van der Waals surface area contributed by atoms with Crippen molar-refractivity contribution in [1.29, 1.82) is 0 Å². The van der Waals surface area contributed by atoms with Gasteiger partial charge in [-0.25, -0.2) is 0 Å². The topological polar surface area (TPSA) is 0 Å². The summed E-state index contributed by atoms with van der Waals surface area (Å²) in [7, 11) is 0. The van der Waals surface area contributed by atoms with Crippen molar-refractivity contribution < 1.29 is 0 Å². The fourth-order valence-electron chi connectivity index (χ4n) is 2.00. The van der Waals surface area contributed by atoms with E-state index in [0.717, 1.165) is 11.8 Å². The molecular weight excluding hydrogens is 144 g/mol. The van der Waals surface area contributed by atoms with E-state index in [1.165, 1.54) is 25.7 Å². The first-order valence-corrected chi connectivity index (χ1v) is 4.81. The summed E-state index contributed by atoms with van der Waals surface area (Å²) in [6, 6.07) is 0. The van der Waals surface area contributed by atoms with Gasteiger partial charge in [0.05, 0.1) is 0 Å². The zero-order valence-electron chi connectivity index (χ0n) is 6.94. The number of hydrogen-bond acceptors (Lipinski definition) is 0. The molecule has 0 aromatic rings. The van der Waals surface area contributed by atoms with Crippen LogP contribution in [0, 0.1) is 11.8 Å². The van der Waals surface area contributed by atoms with Gasteiger partial charge in [-0.3, -0.25) is 0 Å². The van der Waals surface area contributed by atoms with E-state index in [1.807, 2.05) is 0 Å². The van der Waals surface area contributed by atoms with Crippen LogP contribution < -0.4 is 0 Å². The number of rotatable bonds is 1. The largest absolute Gasteiger partial charge is 0.123 e.